The summed E-state index contributed by atoms with van der Waals surface area (Å²) in [7, 11) is 0. The second-order valence-electron chi connectivity index (χ2n) is 6.24. The first kappa shape index (κ1) is 15.8. The molecule has 4 rings (SSSR count). The second kappa shape index (κ2) is 6.00. The summed E-state index contributed by atoms with van der Waals surface area (Å²) in [4.78, 5) is 33.6. The first-order valence-electron chi connectivity index (χ1n) is 8.04. The van der Waals surface area contributed by atoms with Gasteiger partial charge in [-0.2, -0.15) is 0 Å². The van der Waals surface area contributed by atoms with Crippen LogP contribution in [0.4, 0.5) is 0 Å². The highest BCUT2D eigenvalue weighted by molar-refractivity contribution is 7.09. The van der Waals surface area contributed by atoms with Gasteiger partial charge in [-0.3, -0.25) is 4.79 Å². The number of hydrogen-bond acceptors (Lipinski definition) is 4. The van der Waals surface area contributed by atoms with E-state index < -0.39 is 12.0 Å². The Hall–Kier alpha value is -2.67. The third-order valence-corrected chi connectivity index (χ3v) is 5.43. The summed E-state index contributed by atoms with van der Waals surface area (Å²) in [6.07, 6.45) is 0.445. The van der Waals surface area contributed by atoms with Crippen LogP contribution in [0.5, 0.6) is 0 Å². The van der Waals surface area contributed by atoms with Crippen molar-refractivity contribution in [1.82, 2.24) is 14.9 Å². The van der Waals surface area contributed by atoms with E-state index in [4.69, 9.17) is 0 Å². The average Bonchev–Trinajstić information content (AvgIpc) is 3.16. The van der Waals surface area contributed by atoms with Gasteiger partial charge in [-0.15, -0.1) is 11.3 Å². The number of fused-ring (bicyclic) bond motifs is 3. The Bertz CT molecular complexity index is 975. The zero-order valence-corrected chi connectivity index (χ0v) is 14.5. The molecule has 0 fully saturated rings. The quantitative estimate of drug-likeness (QED) is 0.756. The van der Waals surface area contributed by atoms with E-state index in [0.717, 1.165) is 27.2 Å². The Morgan fingerprint density at radius 3 is 2.92 bits per heavy atom. The minimum atomic E-state index is -0.973. The zero-order valence-electron chi connectivity index (χ0n) is 13.7. The lowest BCUT2D eigenvalue weighted by Gasteiger charge is -2.33. The Balaban J connectivity index is 1.67. The van der Waals surface area contributed by atoms with Crippen molar-refractivity contribution in [3.8, 4) is 0 Å². The van der Waals surface area contributed by atoms with E-state index in [2.05, 4.69) is 9.97 Å². The number of nitrogens with one attached hydrogen (secondary N) is 1. The molecule has 0 bridgehead atoms. The molecular formula is C18H17N3O3S. The van der Waals surface area contributed by atoms with Crippen LogP contribution in [0.2, 0.25) is 0 Å². The standard InChI is InChI=1S/C18H17N3O3S/c1-10-19-11(9-25-10)6-17(22)21-8-15-13(7-16(21)18(23)24)12-4-2-3-5-14(12)20-15/h2-5,9,16,20H,6-8H2,1H3,(H,23,24)/t16-/m0/s1. The number of carboxylic acid groups (broad SMARTS) is 1. The minimum absolute atomic E-state index is 0.129. The van der Waals surface area contributed by atoms with Gasteiger partial charge in [-0.25, -0.2) is 9.78 Å². The van der Waals surface area contributed by atoms with Crippen LogP contribution < -0.4 is 0 Å². The predicted molar refractivity (Wildman–Crippen MR) is 94.5 cm³/mol. The van der Waals surface area contributed by atoms with Gasteiger partial charge in [0, 0.05) is 28.4 Å². The monoisotopic (exact) mass is 355 g/mol. The number of aryl methyl sites for hydroxylation is 1. The Morgan fingerprint density at radius 2 is 2.20 bits per heavy atom. The van der Waals surface area contributed by atoms with E-state index in [-0.39, 0.29) is 18.9 Å². The fourth-order valence-electron chi connectivity index (χ4n) is 3.44. The van der Waals surface area contributed by atoms with Crippen LogP contribution in [-0.4, -0.2) is 37.9 Å². The van der Waals surface area contributed by atoms with Gasteiger partial charge in [0.1, 0.15) is 6.04 Å². The lowest BCUT2D eigenvalue weighted by Crippen LogP contribution is -2.49. The number of carboxylic acids is 1. The van der Waals surface area contributed by atoms with Crippen LogP contribution in [-0.2, 0) is 29.0 Å². The van der Waals surface area contributed by atoms with Crippen molar-refractivity contribution in [3.05, 3.63) is 51.6 Å². The van der Waals surface area contributed by atoms with Gasteiger partial charge < -0.3 is 15.0 Å². The van der Waals surface area contributed by atoms with Gasteiger partial charge in [0.2, 0.25) is 5.91 Å². The van der Waals surface area contributed by atoms with Crippen molar-refractivity contribution in [2.24, 2.45) is 0 Å². The van der Waals surface area contributed by atoms with E-state index in [1.54, 1.807) is 0 Å². The summed E-state index contributed by atoms with van der Waals surface area (Å²) < 4.78 is 0. The number of carbonyl (C=O) groups excluding carboxylic acids is 1. The van der Waals surface area contributed by atoms with Gasteiger partial charge in [0.15, 0.2) is 0 Å². The topological polar surface area (TPSA) is 86.3 Å². The molecule has 0 radical (unpaired) electrons. The second-order valence-corrected chi connectivity index (χ2v) is 7.30. The fourth-order valence-corrected chi connectivity index (χ4v) is 4.05. The van der Waals surface area contributed by atoms with E-state index in [1.165, 1.54) is 16.2 Å². The van der Waals surface area contributed by atoms with Crippen LogP contribution in [0.15, 0.2) is 29.6 Å². The Morgan fingerprint density at radius 1 is 1.40 bits per heavy atom. The predicted octanol–water partition coefficient (Wildman–Crippen LogP) is 2.51. The minimum Gasteiger partial charge on any atom is -0.480 e. The highest BCUT2D eigenvalue weighted by Gasteiger charge is 2.36. The third-order valence-electron chi connectivity index (χ3n) is 4.61. The largest absolute Gasteiger partial charge is 0.480 e. The first-order chi connectivity index (χ1) is 12.0. The molecule has 1 atom stereocenters. The maximum atomic E-state index is 12.7. The van der Waals surface area contributed by atoms with Crippen molar-refractivity contribution in [1.29, 1.82) is 0 Å². The summed E-state index contributed by atoms with van der Waals surface area (Å²) >= 11 is 1.49. The van der Waals surface area contributed by atoms with Crippen LogP contribution in [0.1, 0.15) is 22.0 Å². The van der Waals surface area contributed by atoms with E-state index in [9.17, 15) is 14.7 Å². The number of hydrogen-bond donors (Lipinski definition) is 2. The molecular weight excluding hydrogens is 338 g/mol. The number of carbonyl (C=O) groups is 2. The van der Waals surface area contributed by atoms with Crippen molar-refractivity contribution in [3.63, 3.8) is 0 Å². The van der Waals surface area contributed by atoms with Crippen LogP contribution in [0, 0.1) is 6.92 Å². The van der Waals surface area contributed by atoms with Gasteiger partial charge in [-0.05, 0) is 18.6 Å². The van der Waals surface area contributed by atoms with Crippen molar-refractivity contribution in [2.75, 3.05) is 0 Å². The number of thiazole rings is 1. The Kier molecular flexibility index (Phi) is 3.80. The molecule has 3 aromatic rings. The maximum absolute atomic E-state index is 12.7. The fraction of sp³-hybridized carbons (Fsp3) is 0.278. The summed E-state index contributed by atoms with van der Waals surface area (Å²) in [5.74, 6) is -1.18. The Labute approximate surface area is 148 Å². The molecule has 0 unspecified atom stereocenters. The van der Waals surface area contributed by atoms with Crippen LogP contribution >= 0.6 is 11.3 Å². The highest BCUT2D eigenvalue weighted by Crippen LogP contribution is 2.30. The van der Waals surface area contributed by atoms with Crippen molar-refractivity contribution >= 4 is 34.1 Å². The number of aromatic amines is 1. The van der Waals surface area contributed by atoms with E-state index in [0.29, 0.717) is 12.1 Å². The molecule has 7 heteroatoms. The van der Waals surface area contributed by atoms with E-state index in [1.807, 2.05) is 36.6 Å². The first-order valence-corrected chi connectivity index (χ1v) is 8.92. The molecule has 6 nitrogen and oxygen atoms in total. The molecule has 128 valence electrons. The van der Waals surface area contributed by atoms with Crippen LogP contribution in [0.25, 0.3) is 10.9 Å². The number of aliphatic carboxylic acids is 1. The molecule has 0 saturated carbocycles. The van der Waals surface area contributed by atoms with E-state index >= 15 is 0 Å². The van der Waals surface area contributed by atoms with Gasteiger partial charge in [0.25, 0.3) is 0 Å². The lowest BCUT2D eigenvalue weighted by molar-refractivity contribution is -0.151. The molecule has 2 aromatic heterocycles. The molecule has 25 heavy (non-hydrogen) atoms. The number of H-pyrrole nitrogens is 1. The normalized spacial score (nSPS) is 16.8. The SMILES string of the molecule is Cc1nc(CC(=O)N2Cc3[nH]c4ccccc4c3C[C@H]2C(=O)O)cs1. The molecule has 1 aliphatic heterocycles. The summed E-state index contributed by atoms with van der Waals surface area (Å²) in [6, 6.07) is 6.98. The molecule has 2 N–H and O–H groups in total. The molecule has 1 aromatic carbocycles. The van der Waals surface area contributed by atoms with Gasteiger partial charge in [-0.1, -0.05) is 18.2 Å². The summed E-state index contributed by atoms with van der Waals surface area (Å²) in [5.41, 5.74) is 3.58. The van der Waals surface area contributed by atoms with Gasteiger partial charge >= 0.3 is 5.97 Å². The number of amides is 1. The molecule has 3 heterocycles. The summed E-state index contributed by atoms with van der Waals surface area (Å²) in [6.45, 7) is 2.17. The number of para-hydroxylation sites is 1. The summed E-state index contributed by atoms with van der Waals surface area (Å²) in [5, 5.41) is 13.4. The lowest BCUT2D eigenvalue weighted by atomic mass is 9.96. The molecule has 0 saturated heterocycles. The number of rotatable bonds is 3. The number of nitrogens with zero attached hydrogens (tertiary/aromatic N) is 2. The van der Waals surface area contributed by atoms with Crippen LogP contribution in [0.3, 0.4) is 0 Å². The smallest absolute Gasteiger partial charge is 0.326 e. The molecule has 0 aliphatic carbocycles. The number of benzene rings is 1. The highest BCUT2D eigenvalue weighted by atomic mass is 32.1. The number of aromatic nitrogens is 2. The van der Waals surface area contributed by atoms with Crippen molar-refractivity contribution in [2.45, 2.75) is 32.4 Å². The van der Waals surface area contributed by atoms with Crippen molar-refractivity contribution < 1.29 is 14.7 Å². The third kappa shape index (κ3) is 2.80. The maximum Gasteiger partial charge on any atom is 0.326 e. The average molecular weight is 355 g/mol. The molecule has 0 spiro atoms. The molecule has 1 aliphatic rings. The molecule has 1 amide bonds. The zero-order chi connectivity index (χ0) is 17.6. The van der Waals surface area contributed by atoms with Gasteiger partial charge in [0.05, 0.1) is 23.7 Å².